The summed E-state index contributed by atoms with van der Waals surface area (Å²) in [5, 5.41) is 4.00. The lowest BCUT2D eigenvalue weighted by Crippen LogP contribution is -2.00. The molecule has 3 heterocycles. The highest BCUT2D eigenvalue weighted by Crippen LogP contribution is 2.38. The molecule has 0 bridgehead atoms. The summed E-state index contributed by atoms with van der Waals surface area (Å²) in [5.41, 5.74) is 7.91. The molecule has 9 aromatic rings. The van der Waals surface area contributed by atoms with Crippen LogP contribution in [0.4, 0.5) is 5.69 Å². The summed E-state index contributed by atoms with van der Waals surface area (Å²) in [4.78, 5) is 18.7. The van der Waals surface area contributed by atoms with Crippen molar-refractivity contribution in [2.45, 2.75) is 0 Å². The van der Waals surface area contributed by atoms with Gasteiger partial charge in [-0.25, -0.2) is 19.8 Å². The molecule has 9 rings (SSSR count). The Balaban J connectivity index is 1.25. The van der Waals surface area contributed by atoms with Gasteiger partial charge in [-0.3, -0.25) is 0 Å². The van der Waals surface area contributed by atoms with E-state index in [0.29, 0.717) is 34.3 Å². The van der Waals surface area contributed by atoms with E-state index in [1.165, 1.54) is 0 Å². The first-order valence-electron chi connectivity index (χ1n) is 15.0. The average molecular weight is 590 g/mol. The monoisotopic (exact) mass is 589 g/mol. The molecule has 0 saturated heterocycles. The largest absolute Gasteiger partial charge is 0.457 e. The Kier molecular flexibility index (Phi) is 5.77. The van der Waals surface area contributed by atoms with E-state index in [9.17, 15) is 0 Å². The molecule has 0 spiro atoms. The lowest BCUT2D eigenvalue weighted by Gasteiger charge is -2.10. The van der Waals surface area contributed by atoms with Gasteiger partial charge in [-0.2, -0.15) is 0 Å². The molecule has 0 aliphatic rings. The fraction of sp³-hybridized carbons (Fsp3) is 0. The van der Waals surface area contributed by atoms with Crippen LogP contribution in [0.15, 0.2) is 144 Å². The maximum Gasteiger partial charge on any atom is 0.198 e. The number of benzene rings is 6. The minimum absolute atomic E-state index is 0.545. The SMILES string of the molecule is [C-]#[N+]c1cccc2oc3cc(-c4nc(-c5ccccc5)nc(-c5ccc6c(c5)c5ccccc5n6-c5ccccc5)n4)ccc3c12. The molecule has 3 aromatic heterocycles. The molecule has 6 aromatic carbocycles. The number of fused-ring (bicyclic) bond motifs is 6. The average Bonchev–Trinajstić information content (AvgIpc) is 3.67. The predicted octanol–water partition coefficient (Wildman–Crippen LogP) is 10.4. The molecule has 0 amide bonds. The summed E-state index contributed by atoms with van der Waals surface area (Å²) >= 11 is 0. The topological polar surface area (TPSA) is 61.1 Å². The molecule has 0 aliphatic heterocycles. The summed E-state index contributed by atoms with van der Waals surface area (Å²) in [6.07, 6.45) is 0. The van der Waals surface area contributed by atoms with E-state index in [2.05, 4.69) is 76.1 Å². The minimum atomic E-state index is 0.545. The maximum absolute atomic E-state index is 7.62. The number of hydrogen-bond donors (Lipinski definition) is 0. The van der Waals surface area contributed by atoms with Crippen molar-refractivity contribution in [3.05, 3.63) is 151 Å². The van der Waals surface area contributed by atoms with Gasteiger partial charge in [-0.05, 0) is 48.5 Å². The van der Waals surface area contributed by atoms with Crippen LogP contribution >= 0.6 is 0 Å². The first kappa shape index (κ1) is 25.9. The quantitative estimate of drug-likeness (QED) is 0.192. The molecular weight excluding hydrogens is 566 g/mol. The summed E-state index contributed by atoms with van der Waals surface area (Å²) in [6.45, 7) is 7.62. The van der Waals surface area contributed by atoms with Crippen molar-refractivity contribution in [2.75, 3.05) is 0 Å². The van der Waals surface area contributed by atoms with Crippen LogP contribution in [0.5, 0.6) is 0 Å². The van der Waals surface area contributed by atoms with E-state index in [4.69, 9.17) is 25.9 Å². The number of aromatic nitrogens is 4. The smallest absolute Gasteiger partial charge is 0.198 e. The van der Waals surface area contributed by atoms with Crippen molar-refractivity contribution < 1.29 is 4.42 Å². The first-order chi connectivity index (χ1) is 22.7. The Morgan fingerprint density at radius 2 is 1.15 bits per heavy atom. The third kappa shape index (κ3) is 4.07. The van der Waals surface area contributed by atoms with Crippen LogP contribution in [0.1, 0.15) is 0 Å². The molecule has 0 fully saturated rings. The lowest BCUT2D eigenvalue weighted by atomic mass is 10.1. The second kappa shape index (κ2) is 10.3. The number of nitrogens with zero attached hydrogens (tertiary/aromatic N) is 5. The molecule has 0 N–H and O–H groups in total. The maximum atomic E-state index is 7.62. The van der Waals surface area contributed by atoms with Gasteiger partial charge in [0.05, 0.1) is 17.6 Å². The van der Waals surface area contributed by atoms with Crippen molar-refractivity contribution in [3.8, 4) is 39.9 Å². The van der Waals surface area contributed by atoms with Crippen molar-refractivity contribution in [3.63, 3.8) is 0 Å². The summed E-state index contributed by atoms with van der Waals surface area (Å²) in [5.74, 6) is 1.72. The highest BCUT2D eigenvalue weighted by Gasteiger charge is 2.18. The van der Waals surface area contributed by atoms with E-state index in [-0.39, 0.29) is 0 Å². The van der Waals surface area contributed by atoms with Crippen LogP contribution in [-0.4, -0.2) is 19.5 Å². The van der Waals surface area contributed by atoms with Gasteiger partial charge in [0.25, 0.3) is 0 Å². The molecule has 46 heavy (non-hydrogen) atoms. The highest BCUT2D eigenvalue weighted by molar-refractivity contribution is 6.12. The third-order valence-electron chi connectivity index (χ3n) is 8.47. The Hall–Kier alpha value is -6.58. The van der Waals surface area contributed by atoms with Gasteiger partial charge < -0.3 is 8.98 Å². The zero-order chi connectivity index (χ0) is 30.6. The summed E-state index contributed by atoms with van der Waals surface area (Å²) in [7, 11) is 0. The van der Waals surface area contributed by atoms with Gasteiger partial charge in [0.2, 0.25) is 0 Å². The fourth-order valence-electron chi connectivity index (χ4n) is 6.36. The van der Waals surface area contributed by atoms with Crippen molar-refractivity contribution in [2.24, 2.45) is 0 Å². The van der Waals surface area contributed by atoms with Gasteiger partial charge in [0, 0.05) is 43.9 Å². The van der Waals surface area contributed by atoms with Crippen LogP contribution in [0, 0.1) is 6.57 Å². The number of hydrogen-bond acceptors (Lipinski definition) is 4. The highest BCUT2D eigenvalue weighted by atomic mass is 16.3. The minimum Gasteiger partial charge on any atom is -0.457 e. The van der Waals surface area contributed by atoms with Gasteiger partial charge in [-0.1, -0.05) is 91.0 Å². The van der Waals surface area contributed by atoms with Crippen LogP contribution in [0.2, 0.25) is 0 Å². The number of rotatable bonds is 4. The van der Waals surface area contributed by atoms with E-state index in [1.807, 2.05) is 72.8 Å². The number of para-hydroxylation sites is 2. The van der Waals surface area contributed by atoms with Gasteiger partial charge in [-0.15, -0.1) is 0 Å². The zero-order valence-corrected chi connectivity index (χ0v) is 24.4. The molecule has 0 atom stereocenters. The van der Waals surface area contributed by atoms with E-state index in [1.54, 1.807) is 0 Å². The predicted molar refractivity (Wildman–Crippen MR) is 184 cm³/mol. The normalized spacial score (nSPS) is 11.5. The Morgan fingerprint density at radius 3 is 1.93 bits per heavy atom. The van der Waals surface area contributed by atoms with E-state index >= 15 is 0 Å². The second-order valence-corrected chi connectivity index (χ2v) is 11.2. The standard InChI is InChI=1S/C40H23N5O/c1-41-32-16-10-18-35-37(32)30-21-19-27(24-36(30)46-35)40-43-38(25-11-4-2-5-12-25)42-39(44-40)26-20-22-34-31(23-26)29-15-8-9-17-33(29)45(34)28-13-6-3-7-14-28/h2-24H. The zero-order valence-electron chi connectivity index (χ0n) is 24.4. The number of furan rings is 1. The Labute approximate surface area is 263 Å². The Bertz CT molecular complexity index is 2650. The molecule has 0 radical (unpaired) electrons. The van der Waals surface area contributed by atoms with Crippen molar-refractivity contribution >= 4 is 49.4 Å². The van der Waals surface area contributed by atoms with E-state index in [0.717, 1.165) is 55.0 Å². The molecule has 0 saturated carbocycles. The van der Waals surface area contributed by atoms with Crippen LogP contribution in [0.25, 0.3) is 88.4 Å². The van der Waals surface area contributed by atoms with Crippen LogP contribution < -0.4 is 0 Å². The molecule has 0 aliphatic carbocycles. The van der Waals surface area contributed by atoms with Crippen molar-refractivity contribution in [1.29, 1.82) is 0 Å². The molecule has 6 nitrogen and oxygen atoms in total. The van der Waals surface area contributed by atoms with Crippen molar-refractivity contribution in [1.82, 2.24) is 19.5 Å². The lowest BCUT2D eigenvalue weighted by molar-refractivity contribution is 0.669. The summed E-state index contributed by atoms with van der Waals surface area (Å²) in [6, 6.07) is 46.8. The van der Waals surface area contributed by atoms with Gasteiger partial charge in [0.15, 0.2) is 23.2 Å². The van der Waals surface area contributed by atoms with Crippen LogP contribution in [0.3, 0.4) is 0 Å². The molecule has 0 unspecified atom stereocenters. The van der Waals surface area contributed by atoms with Gasteiger partial charge >= 0.3 is 0 Å². The second-order valence-electron chi connectivity index (χ2n) is 11.2. The molecule has 214 valence electrons. The fourth-order valence-corrected chi connectivity index (χ4v) is 6.36. The Morgan fingerprint density at radius 1 is 0.500 bits per heavy atom. The molecule has 6 heteroatoms. The van der Waals surface area contributed by atoms with E-state index < -0.39 is 0 Å². The third-order valence-corrected chi connectivity index (χ3v) is 8.47. The summed E-state index contributed by atoms with van der Waals surface area (Å²) < 4.78 is 8.49. The van der Waals surface area contributed by atoms with Crippen LogP contribution in [-0.2, 0) is 0 Å². The first-order valence-corrected chi connectivity index (χ1v) is 15.0. The van der Waals surface area contributed by atoms with Gasteiger partial charge in [0.1, 0.15) is 11.2 Å². The molecular formula is C40H23N5O.